The van der Waals surface area contributed by atoms with Crippen LogP contribution in [0.2, 0.25) is 0 Å². The number of fused-ring (bicyclic) bond motifs is 1. The minimum absolute atomic E-state index is 0.0674. The van der Waals surface area contributed by atoms with E-state index in [1.807, 2.05) is 0 Å². The second-order valence-corrected chi connectivity index (χ2v) is 7.19. The highest BCUT2D eigenvalue weighted by Crippen LogP contribution is 2.39. The molecule has 1 atom stereocenters. The van der Waals surface area contributed by atoms with Gasteiger partial charge in [0.05, 0.1) is 29.9 Å². The Morgan fingerprint density at radius 2 is 2.07 bits per heavy atom. The zero-order valence-corrected chi connectivity index (χ0v) is 16.2. The number of aromatic amines is 1. The van der Waals surface area contributed by atoms with Gasteiger partial charge in [0.15, 0.2) is 5.65 Å². The maximum atomic E-state index is 13.1. The lowest BCUT2D eigenvalue weighted by atomic mass is 10.00. The van der Waals surface area contributed by atoms with Crippen molar-refractivity contribution in [3.05, 3.63) is 41.2 Å². The van der Waals surface area contributed by atoms with Gasteiger partial charge >= 0.3 is 12.3 Å². The van der Waals surface area contributed by atoms with Crippen molar-refractivity contribution >= 4 is 17.3 Å². The number of alkyl halides is 3. The van der Waals surface area contributed by atoms with Crippen LogP contribution in [0.15, 0.2) is 24.3 Å². The normalized spacial score (nSPS) is 17.0. The number of methoxy groups -OCH3 is 1. The second-order valence-electron chi connectivity index (χ2n) is 7.19. The predicted molar refractivity (Wildman–Crippen MR) is 102 cm³/mol. The van der Waals surface area contributed by atoms with Crippen molar-refractivity contribution in [1.29, 1.82) is 0 Å². The van der Waals surface area contributed by atoms with Crippen LogP contribution in [-0.2, 0) is 6.18 Å². The predicted octanol–water partition coefficient (Wildman–Crippen LogP) is 4.78. The summed E-state index contributed by atoms with van der Waals surface area (Å²) in [6.45, 7) is 2.01. The number of hydrogen-bond acceptors (Lipinski definition) is 4. The average Bonchev–Trinajstić information content (AvgIpc) is 3.32. The van der Waals surface area contributed by atoms with Gasteiger partial charge in [0, 0.05) is 12.1 Å². The lowest BCUT2D eigenvalue weighted by Gasteiger charge is -2.18. The number of likely N-dealkylation sites (tertiary alicyclic amines) is 1. The number of nitrogens with zero attached hydrogens (tertiary/aromatic N) is 3. The second kappa shape index (κ2) is 7.19. The third kappa shape index (κ3) is 3.42. The van der Waals surface area contributed by atoms with Gasteiger partial charge in [-0.25, -0.2) is 14.8 Å². The summed E-state index contributed by atoms with van der Waals surface area (Å²) in [6.07, 6.45) is -4.08. The summed E-state index contributed by atoms with van der Waals surface area (Å²) in [5, 5.41) is 9.36. The van der Waals surface area contributed by atoms with Crippen molar-refractivity contribution in [1.82, 2.24) is 19.9 Å². The number of carboxylic acid groups (broad SMARTS) is 1. The maximum absolute atomic E-state index is 13.1. The van der Waals surface area contributed by atoms with Crippen molar-refractivity contribution in [2.45, 2.75) is 32.0 Å². The monoisotopic (exact) mass is 420 g/mol. The van der Waals surface area contributed by atoms with E-state index in [9.17, 15) is 23.1 Å². The molecule has 1 amide bonds. The minimum atomic E-state index is -4.48. The third-order valence-electron chi connectivity index (χ3n) is 5.28. The van der Waals surface area contributed by atoms with E-state index in [1.165, 1.54) is 12.0 Å². The molecular weight excluding hydrogens is 401 g/mol. The van der Waals surface area contributed by atoms with Crippen LogP contribution in [0.25, 0.3) is 22.4 Å². The Balaban J connectivity index is 1.77. The minimum Gasteiger partial charge on any atom is -0.496 e. The standard InChI is InChI=1S/C20H19F3N4O3/c1-10-8-11(20(21,22)23)9-15(30-2)16(10)12-5-6-13-17(24-12)26-18(25-13)14-4-3-7-27(14)19(28)29/h5-6,8-9,14H,3-4,7H2,1-2H3,(H,28,29)(H,24,25,26). The molecule has 7 nitrogen and oxygen atoms in total. The number of halogens is 3. The van der Waals surface area contributed by atoms with Gasteiger partial charge in [0.1, 0.15) is 11.6 Å². The number of pyridine rings is 1. The highest BCUT2D eigenvalue weighted by atomic mass is 19.4. The lowest BCUT2D eigenvalue weighted by Crippen LogP contribution is -2.29. The molecule has 158 valence electrons. The number of carbonyl (C=O) groups is 1. The summed E-state index contributed by atoms with van der Waals surface area (Å²) in [6, 6.07) is 5.04. The van der Waals surface area contributed by atoms with Crippen LogP contribution >= 0.6 is 0 Å². The summed E-state index contributed by atoms with van der Waals surface area (Å²) in [7, 11) is 1.31. The molecule has 0 saturated carbocycles. The van der Waals surface area contributed by atoms with Crippen LogP contribution in [0.5, 0.6) is 5.75 Å². The van der Waals surface area contributed by atoms with Crippen LogP contribution in [0.4, 0.5) is 18.0 Å². The van der Waals surface area contributed by atoms with E-state index in [4.69, 9.17) is 4.74 Å². The molecule has 3 heterocycles. The molecule has 1 unspecified atom stereocenters. The first-order valence-corrected chi connectivity index (χ1v) is 9.31. The molecule has 30 heavy (non-hydrogen) atoms. The summed E-state index contributed by atoms with van der Waals surface area (Å²) in [5.41, 5.74) is 1.43. The number of ether oxygens (including phenoxy) is 1. The molecule has 0 bridgehead atoms. The molecule has 0 spiro atoms. The van der Waals surface area contributed by atoms with Gasteiger partial charge in [0.25, 0.3) is 0 Å². The van der Waals surface area contributed by atoms with E-state index in [1.54, 1.807) is 19.1 Å². The number of imidazole rings is 1. The zero-order valence-electron chi connectivity index (χ0n) is 16.2. The molecule has 1 fully saturated rings. The SMILES string of the molecule is COc1cc(C(F)(F)F)cc(C)c1-c1ccc2[nH]c(C3CCCN3C(=O)O)nc2n1. The third-order valence-corrected chi connectivity index (χ3v) is 5.28. The number of benzene rings is 1. The number of aryl methyl sites for hydroxylation is 1. The van der Waals surface area contributed by atoms with Gasteiger partial charge < -0.3 is 14.8 Å². The fourth-order valence-electron chi connectivity index (χ4n) is 3.90. The van der Waals surface area contributed by atoms with Crippen LogP contribution in [0.3, 0.4) is 0 Å². The van der Waals surface area contributed by atoms with Crippen molar-refractivity contribution in [2.75, 3.05) is 13.7 Å². The molecule has 0 radical (unpaired) electrons. The molecule has 1 aliphatic heterocycles. The van der Waals surface area contributed by atoms with Gasteiger partial charge in [-0.2, -0.15) is 13.2 Å². The first-order valence-electron chi connectivity index (χ1n) is 9.31. The van der Waals surface area contributed by atoms with E-state index in [0.29, 0.717) is 46.8 Å². The van der Waals surface area contributed by atoms with Crippen molar-refractivity contribution < 1.29 is 27.8 Å². The van der Waals surface area contributed by atoms with E-state index >= 15 is 0 Å². The first-order chi connectivity index (χ1) is 14.2. The highest BCUT2D eigenvalue weighted by molar-refractivity contribution is 5.79. The summed E-state index contributed by atoms with van der Waals surface area (Å²) in [4.78, 5) is 24.8. The molecule has 2 aromatic heterocycles. The summed E-state index contributed by atoms with van der Waals surface area (Å²) >= 11 is 0. The summed E-state index contributed by atoms with van der Waals surface area (Å²) < 4.78 is 44.6. The largest absolute Gasteiger partial charge is 0.496 e. The quantitative estimate of drug-likeness (QED) is 0.637. The Morgan fingerprint density at radius 3 is 2.73 bits per heavy atom. The summed E-state index contributed by atoms with van der Waals surface area (Å²) in [5.74, 6) is 0.573. The molecule has 0 aliphatic carbocycles. The lowest BCUT2D eigenvalue weighted by molar-refractivity contribution is -0.137. The maximum Gasteiger partial charge on any atom is 0.416 e. The highest BCUT2D eigenvalue weighted by Gasteiger charge is 2.33. The number of amides is 1. The van der Waals surface area contributed by atoms with Crippen LogP contribution < -0.4 is 4.74 Å². The Hall–Kier alpha value is -3.30. The van der Waals surface area contributed by atoms with E-state index < -0.39 is 17.8 Å². The van der Waals surface area contributed by atoms with Gasteiger partial charge in [-0.05, 0) is 49.6 Å². The van der Waals surface area contributed by atoms with Crippen LogP contribution in [-0.4, -0.2) is 44.7 Å². The molecule has 1 aromatic carbocycles. The van der Waals surface area contributed by atoms with Crippen molar-refractivity contribution in [3.8, 4) is 17.0 Å². The molecule has 4 rings (SSSR count). The van der Waals surface area contributed by atoms with Gasteiger partial charge in [-0.1, -0.05) is 0 Å². The molecule has 10 heteroatoms. The Bertz CT molecular complexity index is 1130. The number of H-pyrrole nitrogens is 1. The topological polar surface area (TPSA) is 91.3 Å². The molecule has 2 N–H and O–H groups in total. The Kier molecular flexibility index (Phi) is 4.79. The van der Waals surface area contributed by atoms with E-state index in [-0.39, 0.29) is 11.8 Å². The number of aromatic nitrogens is 3. The van der Waals surface area contributed by atoms with Gasteiger partial charge in [-0.15, -0.1) is 0 Å². The van der Waals surface area contributed by atoms with E-state index in [2.05, 4.69) is 15.0 Å². The van der Waals surface area contributed by atoms with Crippen molar-refractivity contribution in [3.63, 3.8) is 0 Å². The number of hydrogen-bond donors (Lipinski definition) is 2. The number of nitrogens with one attached hydrogen (secondary N) is 1. The smallest absolute Gasteiger partial charge is 0.416 e. The van der Waals surface area contributed by atoms with E-state index in [0.717, 1.165) is 18.6 Å². The van der Waals surface area contributed by atoms with Crippen LogP contribution in [0.1, 0.15) is 35.8 Å². The molecule has 1 saturated heterocycles. The van der Waals surface area contributed by atoms with Crippen LogP contribution in [0, 0.1) is 6.92 Å². The fraction of sp³-hybridized carbons (Fsp3) is 0.350. The average molecular weight is 420 g/mol. The van der Waals surface area contributed by atoms with Gasteiger partial charge in [0.2, 0.25) is 0 Å². The van der Waals surface area contributed by atoms with Crippen molar-refractivity contribution in [2.24, 2.45) is 0 Å². The number of rotatable bonds is 3. The molecular formula is C20H19F3N4O3. The fourth-order valence-corrected chi connectivity index (χ4v) is 3.90. The Morgan fingerprint density at radius 1 is 1.30 bits per heavy atom. The molecule has 1 aliphatic rings. The first kappa shape index (κ1) is 20.0. The Labute approximate surface area is 169 Å². The zero-order chi connectivity index (χ0) is 21.6. The molecule has 3 aromatic rings. The van der Waals surface area contributed by atoms with Gasteiger partial charge in [-0.3, -0.25) is 4.90 Å².